The predicted octanol–water partition coefficient (Wildman–Crippen LogP) is 2.58. The van der Waals surface area contributed by atoms with Crippen LogP contribution in [0.5, 0.6) is 0 Å². The molecule has 0 aromatic heterocycles. The summed E-state index contributed by atoms with van der Waals surface area (Å²) in [6.45, 7) is 1.55. The summed E-state index contributed by atoms with van der Waals surface area (Å²) in [5, 5.41) is 12.1. The Morgan fingerprint density at radius 2 is 2.05 bits per heavy atom. The molecule has 4 nitrogen and oxygen atoms in total. The van der Waals surface area contributed by atoms with Gasteiger partial charge in [0, 0.05) is 29.8 Å². The summed E-state index contributed by atoms with van der Waals surface area (Å²) in [6.07, 6.45) is 0.920. The van der Waals surface area contributed by atoms with Crippen LogP contribution in [-0.4, -0.2) is 28.9 Å². The number of aliphatic imine (C=N–C) groups is 1. The number of benzene rings is 2. The third-order valence-corrected chi connectivity index (χ3v) is 4.73. The van der Waals surface area contributed by atoms with Crippen LogP contribution in [0.4, 0.5) is 5.69 Å². The van der Waals surface area contributed by atoms with Crippen molar-refractivity contribution in [2.45, 2.75) is 12.1 Å². The molecule has 22 heavy (non-hydrogen) atoms. The zero-order chi connectivity index (χ0) is 15.3. The van der Waals surface area contributed by atoms with Crippen molar-refractivity contribution in [2.24, 2.45) is 4.99 Å². The number of hydrogen-bond donors (Lipinski definition) is 2. The lowest BCUT2D eigenvalue weighted by molar-refractivity contribution is -0.0317. The Morgan fingerprint density at radius 3 is 2.86 bits per heavy atom. The van der Waals surface area contributed by atoms with Crippen molar-refractivity contribution in [3.63, 3.8) is 0 Å². The van der Waals surface area contributed by atoms with E-state index in [1.165, 1.54) is 0 Å². The maximum Gasteiger partial charge on any atom is 0.193 e. The van der Waals surface area contributed by atoms with Gasteiger partial charge in [0.25, 0.3) is 0 Å². The number of aliphatic hydroxyl groups is 1. The molecule has 0 saturated heterocycles. The minimum atomic E-state index is -1.24. The fourth-order valence-corrected chi connectivity index (χ4v) is 3.47. The highest BCUT2D eigenvalue weighted by molar-refractivity contribution is 6.33. The number of nitrogen functional groups attached to an aromatic ring is 1. The average Bonchev–Trinajstić information content (AvgIpc) is 2.82. The summed E-state index contributed by atoms with van der Waals surface area (Å²) < 4.78 is 0. The maximum atomic E-state index is 11.6. The molecule has 2 aromatic rings. The fraction of sp³-hybridized carbons (Fsp3) is 0.235. The second-order valence-electron chi connectivity index (χ2n) is 5.66. The normalized spacial score (nSPS) is 23.0. The van der Waals surface area contributed by atoms with Gasteiger partial charge in [-0.05, 0) is 18.6 Å². The van der Waals surface area contributed by atoms with Gasteiger partial charge < -0.3 is 15.7 Å². The third-order valence-electron chi connectivity index (χ3n) is 4.39. The Balaban J connectivity index is 1.97. The van der Waals surface area contributed by atoms with Crippen molar-refractivity contribution >= 4 is 23.1 Å². The average molecular weight is 314 g/mol. The number of amidine groups is 1. The number of hydrogen-bond acceptors (Lipinski definition) is 4. The smallest absolute Gasteiger partial charge is 0.193 e. The fourth-order valence-electron chi connectivity index (χ4n) is 3.35. The summed E-state index contributed by atoms with van der Waals surface area (Å²) >= 11 is 6.03. The Kier molecular flexibility index (Phi) is 2.93. The van der Waals surface area contributed by atoms with Gasteiger partial charge in [-0.3, -0.25) is 4.99 Å². The second kappa shape index (κ2) is 4.73. The highest BCUT2D eigenvalue weighted by atomic mass is 35.5. The van der Waals surface area contributed by atoms with E-state index < -0.39 is 5.72 Å². The highest BCUT2D eigenvalue weighted by Gasteiger charge is 2.48. The lowest BCUT2D eigenvalue weighted by atomic mass is 9.93. The monoisotopic (exact) mass is 313 g/mol. The minimum absolute atomic E-state index is 0.465. The number of fused-ring (bicyclic) bond motifs is 3. The lowest BCUT2D eigenvalue weighted by Crippen LogP contribution is -2.47. The van der Waals surface area contributed by atoms with Gasteiger partial charge in [0.2, 0.25) is 0 Å². The van der Waals surface area contributed by atoms with E-state index in [1.807, 2.05) is 35.2 Å². The molecule has 2 aliphatic rings. The molecule has 5 heteroatoms. The van der Waals surface area contributed by atoms with Crippen LogP contribution in [0.1, 0.15) is 23.1 Å². The van der Waals surface area contributed by atoms with Gasteiger partial charge in [0.15, 0.2) is 5.72 Å². The van der Waals surface area contributed by atoms with Crippen molar-refractivity contribution < 1.29 is 5.11 Å². The molecule has 4 rings (SSSR count). The van der Waals surface area contributed by atoms with E-state index in [2.05, 4.69) is 4.99 Å². The molecular weight excluding hydrogens is 298 g/mol. The number of rotatable bonds is 1. The van der Waals surface area contributed by atoms with E-state index >= 15 is 0 Å². The molecular formula is C17H16ClN3O. The van der Waals surface area contributed by atoms with Gasteiger partial charge in [-0.2, -0.15) is 0 Å². The summed E-state index contributed by atoms with van der Waals surface area (Å²) in [5.74, 6) is 0.859. The van der Waals surface area contributed by atoms with E-state index in [9.17, 15) is 5.11 Å². The van der Waals surface area contributed by atoms with Gasteiger partial charge >= 0.3 is 0 Å². The van der Waals surface area contributed by atoms with Crippen LogP contribution in [0.15, 0.2) is 47.5 Å². The first kappa shape index (κ1) is 13.6. The van der Waals surface area contributed by atoms with E-state index in [4.69, 9.17) is 17.3 Å². The first-order chi connectivity index (χ1) is 10.6. The zero-order valence-corrected chi connectivity index (χ0v) is 12.7. The third kappa shape index (κ3) is 1.71. The zero-order valence-electron chi connectivity index (χ0n) is 12.0. The van der Waals surface area contributed by atoms with Crippen LogP contribution in [-0.2, 0) is 5.72 Å². The second-order valence-corrected chi connectivity index (χ2v) is 6.07. The molecule has 0 saturated carbocycles. The largest absolute Gasteiger partial charge is 0.398 e. The molecule has 0 radical (unpaired) electrons. The standard InChI is InChI=1S/C17H16ClN3O/c18-14-7-6-11(10-15(14)19)17(22)13-5-2-1-4-12(13)16-20-8-3-9-21(16)17/h1-2,4-7,10,22H,3,8-9,19H2. The quantitative estimate of drug-likeness (QED) is 0.795. The van der Waals surface area contributed by atoms with Gasteiger partial charge in [0.05, 0.1) is 10.7 Å². The molecule has 0 spiro atoms. The summed E-state index contributed by atoms with van der Waals surface area (Å²) in [5.41, 5.74) is 7.71. The topological polar surface area (TPSA) is 61.9 Å². The van der Waals surface area contributed by atoms with Crippen LogP contribution in [0.2, 0.25) is 5.02 Å². The molecule has 0 amide bonds. The van der Waals surface area contributed by atoms with Gasteiger partial charge in [-0.1, -0.05) is 41.9 Å². The van der Waals surface area contributed by atoms with Crippen LogP contribution >= 0.6 is 11.6 Å². The molecule has 0 bridgehead atoms. The Labute approximate surface area is 133 Å². The molecule has 3 N–H and O–H groups in total. The lowest BCUT2D eigenvalue weighted by Gasteiger charge is -2.37. The predicted molar refractivity (Wildman–Crippen MR) is 88.0 cm³/mol. The van der Waals surface area contributed by atoms with Crippen molar-refractivity contribution in [3.8, 4) is 0 Å². The van der Waals surface area contributed by atoms with E-state index in [0.717, 1.165) is 36.5 Å². The van der Waals surface area contributed by atoms with E-state index in [0.29, 0.717) is 16.3 Å². The Bertz CT molecular complexity index is 789. The summed E-state index contributed by atoms with van der Waals surface area (Å²) in [4.78, 5) is 6.58. The highest BCUT2D eigenvalue weighted by Crippen LogP contribution is 2.44. The van der Waals surface area contributed by atoms with Crippen LogP contribution < -0.4 is 5.73 Å². The molecule has 0 aliphatic carbocycles. The first-order valence-electron chi connectivity index (χ1n) is 7.32. The summed E-state index contributed by atoms with van der Waals surface area (Å²) in [7, 11) is 0. The molecule has 2 aliphatic heterocycles. The maximum absolute atomic E-state index is 11.6. The number of nitrogens with two attached hydrogens (primary N) is 1. The SMILES string of the molecule is Nc1cc(C2(O)c3ccccc3C3=NCCCN32)ccc1Cl. The van der Waals surface area contributed by atoms with Crippen molar-refractivity contribution in [1.82, 2.24) is 4.90 Å². The van der Waals surface area contributed by atoms with Crippen molar-refractivity contribution in [2.75, 3.05) is 18.8 Å². The van der Waals surface area contributed by atoms with Crippen LogP contribution in [0.25, 0.3) is 0 Å². The number of halogens is 1. The van der Waals surface area contributed by atoms with E-state index in [-0.39, 0.29) is 0 Å². The molecule has 1 atom stereocenters. The minimum Gasteiger partial charge on any atom is -0.398 e. The summed E-state index contributed by atoms with van der Waals surface area (Å²) in [6, 6.07) is 13.2. The van der Waals surface area contributed by atoms with Gasteiger partial charge in [-0.25, -0.2) is 0 Å². The molecule has 112 valence electrons. The van der Waals surface area contributed by atoms with Crippen LogP contribution in [0, 0.1) is 0 Å². The molecule has 2 heterocycles. The molecule has 1 unspecified atom stereocenters. The number of nitrogens with zero attached hydrogens (tertiary/aromatic N) is 2. The number of anilines is 1. The Morgan fingerprint density at radius 1 is 1.23 bits per heavy atom. The Hall–Kier alpha value is -2.04. The van der Waals surface area contributed by atoms with Crippen molar-refractivity contribution in [3.05, 3.63) is 64.2 Å². The van der Waals surface area contributed by atoms with Crippen molar-refractivity contribution in [1.29, 1.82) is 0 Å². The molecule has 2 aromatic carbocycles. The van der Waals surface area contributed by atoms with Gasteiger partial charge in [0.1, 0.15) is 5.84 Å². The molecule has 0 fully saturated rings. The van der Waals surface area contributed by atoms with Crippen LogP contribution in [0.3, 0.4) is 0 Å². The van der Waals surface area contributed by atoms with E-state index in [1.54, 1.807) is 12.1 Å². The first-order valence-corrected chi connectivity index (χ1v) is 7.70. The van der Waals surface area contributed by atoms with Gasteiger partial charge in [-0.15, -0.1) is 0 Å².